The molecule has 2 fully saturated rings. The Kier molecular flexibility index (Phi) is 5.05. The first-order valence-corrected chi connectivity index (χ1v) is 9.58. The first-order valence-electron chi connectivity index (χ1n) is 9.58. The quantitative estimate of drug-likeness (QED) is 0.853. The summed E-state index contributed by atoms with van der Waals surface area (Å²) >= 11 is 0. The van der Waals surface area contributed by atoms with Gasteiger partial charge in [0.15, 0.2) is 0 Å². The Labute approximate surface area is 156 Å². The fraction of sp³-hybridized carbons (Fsp3) is 0.409. The van der Waals surface area contributed by atoms with Crippen molar-refractivity contribution in [2.24, 2.45) is 0 Å². The zero-order valence-corrected chi connectivity index (χ0v) is 15.5. The number of piperazine rings is 1. The van der Waals surface area contributed by atoms with Crippen LogP contribution in [0.2, 0.25) is 0 Å². The highest BCUT2D eigenvalue weighted by Crippen LogP contribution is 2.22. The van der Waals surface area contributed by atoms with Crippen LogP contribution in [-0.2, 0) is 0 Å². The molecule has 2 aliphatic rings. The lowest BCUT2D eigenvalue weighted by molar-refractivity contribution is 0.0755. The van der Waals surface area contributed by atoms with Gasteiger partial charge in [0.05, 0.1) is 0 Å². The molecule has 2 aliphatic heterocycles. The number of amides is 1. The van der Waals surface area contributed by atoms with Crippen LogP contribution in [0.1, 0.15) is 16.8 Å². The van der Waals surface area contributed by atoms with Crippen LogP contribution in [-0.4, -0.2) is 73.0 Å². The molecule has 1 atom stereocenters. The van der Waals surface area contributed by atoms with Crippen molar-refractivity contribution < 1.29 is 4.79 Å². The number of carbonyl (C=O) groups excluding carboxylic acids is 1. The van der Waals surface area contributed by atoms with Crippen LogP contribution in [0.15, 0.2) is 54.6 Å². The van der Waals surface area contributed by atoms with E-state index in [9.17, 15) is 4.79 Å². The Morgan fingerprint density at radius 3 is 2.19 bits per heavy atom. The summed E-state index contributed by atoms with van der Waals surface area (Å²) in [5.41, 5.74) is 3.13. The molecule has 1 amide bonds. The predicted molar refractivity (Wildman–Crippen MR) is 105 cm³/mol. The number of likely N-dealkylation sites (N-methyl/N-ethyl adjacent to an activating group) is 1. The average molecular weight is 349 g/mol. The van der Waals surface area contributed by atoms with E-state index in [2.05, 4.69) is 41.1 Å². The topological polar surface area (TPSA) is 26.8 Å². The lowest BCUT2D eigenvalue weighted by atomic mass is 10.0. The fourth-order valence-electron chi connectivity index (χ4n) is 4.03. The predicted octanol–water partition coefficient (Wildman–Crippen LogP) is 2.82. The third-order valence-electron chi connectivity index (χ3n) is 5.74. The van der Waals surface area contributed by atoms with E-state index in [4.69, 9.17) is 0 Å². The molecule has 0 N–H and O–H groups in total. The summed E-state index contributed by atoms with van der Waals surface area (Å²) in [6.45, 7) is 6.24. The van der Waals surface area contributed by atoms with Gasteiger partial charge < -0.3 is 9.80 Å². The van der Waals surface area contributed by atoms with Crippen LogP contribution < -0.4 is 0 Å². The molecule has 4 nitrogen and oxygen atoms in total. The van der Waals surface area contributed by atoms with Crippen LogP contribution in [0.5, 0.6) is 0 Å². The molecule has 0 radical (unpaired) electrons. The average Bonchev–Trinajstić information content (AvgIpc) is 3.19. The Balaban J connectivity index is 1.39. The molecule has 0 aromatic heterocycles. The van der Waals surface area contributed by atoms with Crippen LogP contribution in [0, 0.1) is 0 Å². The largest absolute Gasteiger partial charge is 0.337 e. The van der Waals surface area contributed by atoms with Crippen molar-refractivity contribution in [3.63, 3.8) is 0 Å². The van der Waals surface area contributed by atoms with Gasteiger partial charge in [-0.1, -0.05) is 42.5 Å². The maximum absolute atomic E-state index is 12.9. The van der Waals surface area contributed by atoms with Gasteiger partial charge in [-0.15, -0.1) is 0 Å². The van der Waals surface area contributed by atoms with Gasteiger partial charge in [-0.3, -0.25) is 9.69 Å². The number of benzene rings is 2. The number of nitrogens with zero attached hydrogens (tertiary/aromatic N) is 3. The van der Waals surface area contributed by atoms with E-state index in [0.717, 1.165) is 56.8 Å². The molecule has 2 aromatic carbocycles. The van der Waals surface area contributed by atoms with Gasteiger partial charge >= 0.3 is 0 Å². The lowest BCUT2D eigenvalue weighted by Crippen LogP contribution is -2.50. The number of hydrogen-bond acceptors (Lipinski definition) is 3. The van der Waals surface area contributed by atoms with E-state index < -0.39 is 0 Å². The Hall–Kier alpha value is -2.17. The molecular formula is C22H27N3O. The summed E-state index contributed by atoms with van der Waals surface area (Å²) < 4.78 is 0. The van der Waals surface area contributed by atoms with Crippen molar-refractivity contribution in [1.29, 1.82) is 0 Å². The zero-order chi connectivity index (χ0) is 17.9. The number of likely N-dealkylation sites (tertiary alicyclic amines) is 1. The molecule has 2 heterocycles. The number of hydrogen-bond donors (Lipinski definition) is 0. The third-order valence-corrected chi connectivity index (χ3v) is 5.74. The SMILES string of the molecule is CN1CCN([C@H]2CCN(C(=O)c3ccc(-c4ccccc4)cc3)C2)CC1. The van der Waals surface area contributed by atoms with Crippen molar-refractivity contribution in [2.75, 3.05) is 46.3 Å². The Bertz CT molecular complexity index is 736. The first kappa shape index (κ1) is 17.3. The minimum absolute atomic E-state index is 0.168. The molecule has 4 rings (SSSR count). The van der Waals surface area contributed by atoms with Crippen LogP contribution in [0.25, 0.3) is 11.1 Å². The zero-order valence-electron chi connectivity index (χ0n) is 15.5. The highest BCUT2D eigenvalue weighted by atomic mass is 16.2. The van der Waals surface area contributed by atoms with Gasteiger partial charge in [-0.05, 0) is 36.7 Å². The van der Waals surface area contributed by atoms with Crippen molar-refractivity contribution in [3.8, 4) is 11.1 Å². The fourth-order valence-corrected chi connectivity index (χ4v) is 4.03. The van der Waals surface area contributed by atoms with E-state index in [-0.39, 0.29) is 5.91 Å². The molecule has 0 saturated carbocycles. The maximum Gasteiger partial charge on any atom is 0.253 e. The second kappa shape index (κ2) is 7.60. The first-order chi connectivity index (χ1) is 12.7. The molecule has 0 bridgehead atoms. The second-order valence-electron chi connectivity index (χ2n) is 7.48. The molecule has 4 heteroatoms. The smallest absolute Gasteiger partial charge is 0.253 e. The van der Waals surface area contributed by atoms with Crippen LogP contribution in [0.3, 0.4) is 0 Å². The van der Waals surface area contributed by atoms with Crippen molar-refractivity contribution >= 4 is 5.91 Å². The van der Waals surface area contributed by atoms with E-state index in [0.29, 0.717) is 6.04 Å². The molecule has 0 aliphatic carbocycles. The number of carbonyl (C=O) groups is 1. The molecule has 0 unspecified atom stereocenters. The standard InChI is InChI=1S/C22H27N3O/c1-23-13-15-24(16-14-23)21-11-12-25(17-21)22(26)20-9-7-19(8-10-20)18-5-3-2-4-6-18/h2-10,21H,11-17H2,1H3/t21-/m0/s1. The molecule has 2 aromatic rings. The van der Waals surface area contributed by atoms with Gasteiger partial charge in [0.1, 0.15) is 0 Å². The minimum Gasteiger partial charge on any atom is -0.337 e. The van der Waals surface area contributed by atoms with Crippen molar-refractivity contribution in [3.05, 3.63) is 60.2 Å². The van der Waals surface area contributed by atoms with Crippen molar-refractivity contribution in [2.45, 2.75) is 12.5 Å². The summed E-state index contributed by atoms with van der Waals surface area (Å²) in [7, 11) is 2.18. The minimum atomic E-state index is 0.168. The summed E-state index contributed by atoms with van der Waals surface area (Å²) in [5.74, 6) is 0.168. The monoisotopic (exact) mass is 349 g/mol. The highest BCUT2D eigenvalue weighted by Gasteiger charge is 2.31. The van der Waals surface area contributed by atoms with Gasteiger partial charge in [0.25, 0.3) is 5.91 Å². The molecule has 136 valence electrons. The molecule has 2 saturated heterocycles. The Morgan fingerprint density at radius 1 is 0.846 bits per heavy atom. The van der Waals surface area contributed by atoms with E-state index in [1.165, 1.54) is 5.56 Å². The lowest BCUT2D eigenvalue weighted by Gasteiger charge is -2.36. The van der Waals surface area contributed by atoms with Gasteiger partial charge in [0, 0.05) is 50.9 Å². The van der Waals surface area contributed by atoms with Gasteiger partial charge in [-0.2, -0.15) is 0 Å². The maximum atomic E-state index is 12.9. The summed E-state index contributed by atoms with van der Waals surface area (Å²) in [6.07, 6.45) is 1.09. The van der Waals surface area contributed by atoms with Crippen molar-refractivity contribution in [1.82, 2.24) is 14.7 Å². The van der Waals surface area contributed by atoms with E-state index in [1.807, 2.05) is 35.2 Å². The summed E-state index contributed by atoms with van der Waals surface area (Å²) in [4.78, 5) is 19.8. The highest BCUT2D eigenvalue weighted by molar-refractivity contribution is 5.95. The van der Waals surface area contributed by atoms with E-state index in [1.54, 1.807) is 0 Å². The van der Waals surface area contributed by atoms with Crippen LogP contribution in [0.4, 0.5) is 0 Å². The van der Waals surface area contributed by atoms with Gasteiger partial charge in [0.2, 0.25) is 0 Å². The molecular weight excluding hydrogens is 322 g/mol. The van der Waals surface area contributed by atoms with Crippen LogP contribution >= 0.6 is 0 Å². The third kappa shape index (κ3) is 3.67. The second-order valence-corrected chi connectivity index (χ2v) is 7.48. The molecule has 0 spiro atoms. The summed E-state index contributed by atoms with van der Waals surface area (Å²) in [6, 6.07) is 18.8. The Morgan fingerprint density at radius 2 is 1.50 bits per heavy atom. The normalized spacial score (nSPS) is 21.9. The number of rotatable bonds is 3. The summed E-state index contributed by atoms with van der Waals surface area (Å²) in [5, 5.41) is 0. The van der Waals surface area contributed by atoms with E-state index >= 15 is 0 Å². The molecule has 26 heavy (non-hydrogen) atoms. The van der Waals surface area contributed by atoms with Gasteiger partial charge in [-0.25, -0.2) is 0 Å².